The molecule has 9 nitrogen and oxygen atoms in total. The first-order valence-corrected chi connectivity index (χ1v) is 11.1. The molecule has 0 aromatic carbocycles. The lowest BCUT2D eigenvalue weighted by Gasteiger charge is -2.53. The van der Waals surface area contributed by atoms with Crippen LogP contribution in [0.15, 0.2) is 12.3 Å². The largest absolute Gasteiger partial charge is 0.387 e. The number of rotatable bonds is 6. The van der Waals surface area contributed by atoms with Gasteiger partial charge in [-0.25, -0.2) is 0 Å². The van der Waals surface area contributed by atoms with Crippen LogP contribution in [0.5, 0.6) is 0 Å². The molecule has 1 aromatic rings. The fraction of sp³-hybridized carbons (Fsp3) is 0.762. The second-order valence-corrected chi connectivity index (χ2v) is 8.78. The molecule has 1 saturated carbocycles. The number of morpholine rings is 1. The summed E-state index contributed by atoms with van der Waals surface area (Å²) in [6.07, 6.45) is 5.91. The minimum Gasteiger partial charge on any atom is -0.387 e. The molecule has 3 atom stereocenters. The predicted octanol–water partition coefficient (Wildman–Crippen LogP) is -0.220. The van der Waals surface area contributed by atoms with E-state index in [1.807, 2.05) is 6.07 Å². The minimum absolute atomic E-state index is 0.0443. The quantitative estimate of drug-likeness (QED) is 0.588. The number of aliphatic hydroxyl groups is 1. The highest BCUT2D eigenvalue weighted by molar-refractivity contribution is 5.85. The molecule has 166 valence electrons. The van der Waals surface area contributed by atoms with E-state index in [1.165, 1.54) is 0 Å². The van der Waals surface area contributed by atoms with E-state index in [4.69, 9.17) is 4.74 Å². The SMILES string of the molecule is O=C(CO)N1CC[C@@H]2C[C@@H](N3CCOCC3)CC[C@@]2(C(=O)NCCc2ccn[nH]2)C1. The Bertz CT molecular complexity index is 721. The van der Waals surface area contributed by atoms with Crippen molar-refractivity contribution in [3.8, 4) is 0 Å². The van der Waals surface area contributed by atoms with Crippen molar-refractivity contribution in [3.63, 3.8) is 0 Å². The van der Waals surface area contributed by atoms with Crippen LogP contribution in [0.3, 0.4) is 0 Å². The predicted molar refractivity (Wildman–Crippen MR) is 110 cm³/mol. The summed E-state index contributed by atoms with van der Waals surface area (Å²) in [5.41, 5.74) is 0.418. The van der Waals surface area contributed by atoms with E-state index in [2.05, 4.69) is 20.4 Å². The summed E-state index contributed by atoms with van der Waals surface area (Å²) in [5.74, 6) is 0.00487. The molecule has 0 spiro atoms. The summed E-state index contributed by atoms with van der Waals surface area (Å²) in [7, 11) is 0. The number of aromatic nitrogens is 2. The molecule has 2 aliphatic heterocycles. The van der Waals surface area contributed by atoms with Crippen LogP contribution in [0.2, 0.25) is 0 Å². The molecule has 2 saturated heterocycles. The van der Waals surface area contributed by atoms with Crippen LogP contribution >= 0.6 is 0 Å². The minimum atomic E-state index is -0.570. The van der Waals surface area contributed by atoms with Crippen molar-refractivity contribution in [2.45, 2.75) is 38.1 Å². The highest BCUT2D eigenvalue weighted by atomic mass is 16.5. The molecule has 0 radical (unpaired) electrons. The van der Waals surface area contributed by atoms with Crippen LogP contribution in [0.4, 0.5) is 0 Å². The molecular formula is C21H33N5O4. The van der Waals surface area contributed by atoms with E-state index in [0.717, 1.165) is 57.7 Å². The average molecular weight is 420 g/mol. The maximum absolute atomic E-state index is 13.5. The van der Waals surface area contributed by atoms with E-state index in [1.54, 1.807) is 11.1 Å². The lowest BCUT2D eigenvalue weighted by Crippen LogP contribution is -2.62. The van der Waals surface area contributed by atoms with Crippen molar-refractivity contribution < 1.29 is 19.4 Å². The number of amides is 2. The first kappa shape index (κ1) is 21.3. The Kier molecular flexibility index (Phi) is 6.70. The van der Waals surface area contributed by atoms with E-state index in [9.17, 15) is 14.7 Å². The van der Waals surface area contributed by atoms with Crippen LogP contribution < -0.4 is 5.32 Å². The van der Waals surface area contributed by atoms with Crippen molar-refractivity contribution in [2.24, 2.45) is 11.3 Å². The summed E-state index contributed by atoms with van der Waals surface area (Å²) in [4.78, 5) is 29.8. The number of aliphatic hydroxyl groups excluding tert-OH is 1. The fourth-order valence-corrected chi connectivity index (χ4v) is 5.50. The Morgan fingerprint density at radius 1 is 1.30 bits per heavy atom. The maximum Gasteiger partial charge on any atom is 0.248 e. The normalized spacial score (nSPS) is 30.0. The highest BCUT2D eigenvalue weighted by Crippen LogP contribution is 2.48. The van der Waals surface area contributed by atoms with Crippen LogP contribution in [-0.2, 0) is 20.7 Å². The van der Waals surface area contributed by atoms with Crippen LogP contribution in [-0.4, -0.2) is 95.5 Å². The molecule has 9 heteroatoms. The maximum atomic E-state index is 13.5. The summed E-state index contributed by atoms with van der Waals surface area (Å²) < 4.78 is 5.50. The van der Waals surface area contributed by atoms with E-state index >= 15 is 0 Å². The Labute approximate surface area is 177 Å². The van der Waals surface area contributed by atoms with E-state index in [-0.39, 0.29) is 17.7 Å². The molecule has 3 N–H and O–H groups in total. The van der Waals surface area contributed by atoms with E-state index in [0.29, 0.717) is 32.1 Å². The number of hydrogen-bond acceptors (Lipinski definition) is 6. The molecule has 0 bridgehead atoms. The molecule has 3 fully saturated rings. The van der Waals surface area contributed by atoms with Crippen molar-refractivity contribution in [3.05, 3.63) is 18.0 Å². The topological polar surface area (TPSA) is 111 Å². The number of likely N-dealkylation sites (tertiary alicyclic amines) is 1. The number of carbonyl (C=O) groups is 2. The fourth-order valence-electron chi connectivity index (χ4n) is 5.50. The second-order valence-electron chi connectivity index (χ2n) is 8.78. The van der Waals surface area contributed by atoms with Gasteiger partial charge in [0, 0.05) is 57.1 Å². The van der Waals surface area contributed by atoms with Gasteiger partial charge in [-0.15, -0.1) is 0 Å². The van der Waals surface area contributed by atoms with Crippen molar-refractivity contribution in [1.29, 1.82) is 0 Å². The van der Waals surface area contributed by atoms with Gasteiger partial charge >= 0.3 is 0 Å². The second kappa shape index (κ2) is 9.45. The number of nitrogens with one attached hydrogen (secondary N) is 2. The first-order valence-electron chi connectivity index (χ1n) is 11.1. The average Bonchev–Trinajstić information content (AvgIpc) is 3.31. The molecule has 0 unspecified atom stereocenters. The van der Waals surface area contributed by atoms with Crippen molar-refractivity contribution in [2.75, 3.05) is 52.5 Å². The Morgan fingerprint density at radius 2 is 2.13 bits per heavy atom. The number of hydrogen-bond donors (Lipinski definition) is 3. The third-order valence-corrected chi connectivity index (χ3v) is 7.22. The third-order valence-electron chi connectivity index (χ3n) is 7.22. The molecule has 3 heterocycles. The van der Waals surface area contributed by atoms with Gasteiger partial charge in [0.15, 0.2) is 0 Å². The lowest BCUT2D eigenvalue weighted by atomic mass is 9.61. The van der Waals surface area contributed by atoms with Crippen LogP contribution in [0, 0.1) is 11.3 Å². The monoisotopic (exact) mass is 419 g/mol. The smallest absolute Gasteiger partial charge is 0.248 e. The summed E-state index contributed by atoms with van der Waals surface area (Å²) in [6.45, 7) is 4.52. The molecule has 30 heavy (non-hydrogen) atoms. The molecule has 2 amide bonds. The standard InChI is InChI=1S/C21H33N5O4/c27-14-19(28)26-8-4-16-13-18(25-9-11-30-12-10-25)1-5-21(16,15-26)20(29)22-6-2-17-3-7-23-24-17/h3,7,16,18,27H,1-2,4-6,8-15H2,(H,22,29)(H,23,24)/t16-,18+,21-/m1/s1. The van der Waals surface area contributed by atoms with Crippen molar-refractivity contribution in [1.82, 2.24) is 25.3 Å². The zero-order chi connectivity index (χ0) is 21.0. The number of fused-ring (bicyclic) bond motifs is 1. The number of ether oxygens (including phenoxy) is 1. The van der Waals surface area contributed by atoms with Gasteiger partial charge in [0.05, 0.1) is 18.6 Å². The number of carbonyl (C=O) groups excluding carboxylic acids is 2. The zero-order valence-electron chi connectivity index (χ0n) is 17.5. The number of nitrogens with zero attached hydrogens (tertiary/aromatic N) is 3. The molecule has 3 aliphatic rings. The number of piperidine rings is 1. The van der Waals surface area contributed by atoms with Gasteiger partial charge in [0.1, 0.15) is 6.61 Å². The number of aromatic amines is 1. The van der Waals surface area contributed by atoms with E-state index < -0.39 is 12.0 Å². The van der Waals surface area contributed by atoms with Crippen molar-refractivity contribution >= 4 is 11.8 Å². The molecular weight excluding hydrogens is 386 g/mol. The zero-order valence-corrected chi connectivity index (χ0v) is 17.5. The molecule has 1 aromatic heterocycles. The van der Waals surface area contributed by atoms with Crippen LogP contribution in [0.1, 0.15) is 31.4 Å². The first-order chi connectivity index (χ1) is 14.6. The summed E-state index contributed by atoms with van der Waals surface area (Å²) >= 11 is 0. The van der Waals surface area contributed by atoms with Gasteiger partial charge in [-0.1, -0.05) is 0 Å². The molecule has 4 rings (SSSR count). The van der Waals surface area contributed by atoms with Crippen LogP contribution in [0.25, 0.3) is 0 Å². The Hall–Kier alpha value is -1.97. The Balaban J connectivity index is 1.45. The summed E-state index contributed by atoms with van der Waals surface area (Å²) in [5, 5.41) is 19.3. The van der Waals surface area contributed by atoms with Gasteiger partial charge in [-0.3, -0.25) is 19.6 Å². The summed E-state index contributed by atoms with van der Waals surface area (Å²) in [6, 6.07) is 2.38. The van der Waals surface area contributed by atoms with Gasteiger partial charge in [-0.2, -0.15) is 5.10 Å². The molecule has 1 aliphatic carbocycles. The lowest BCUT2D eigenvalue weighted by molar-refractivity contribution is -0.152. The van der Waals surface area contributed by atoms with Gasteiger partial charge < -0.3 is 20.1 Å². The van der Waals surface area contributed by atoms with Gasteiger partial charge in [0.2, 0.25) is 11.8 Å². The highest BCUT2D eigenvalue weighted by Gasteiger charge is 2.53. The number of H-pyrrole nitrogens is 1. The van der Waals surface area contributed by atoms with Gasteiger partial charge in [-0.05, 0) is 37.7 Å². The van der Waals surface area contributed by atoms with Gasteiger partial charge in [0.25, 0.3) is 0 Å². The Morgan fingerprint density at radius 3 is 2.87 bits per heavy atom. The third kappa shape index (κ3) is 4.38.